The molecule has 1 heterocycles. The quantitative estimate of drug-likeness (QED) is 0.641. The van der Waals surface area contributed by atoms with Gasteiger partial charge in [0.2, 0.25) is 5.43 Å². The van der Waals surface area contributed by atoms with Gasteiger partial charge in [0.1, 0.15) is 0 Å². The average molecular weight is 275 g/mol. The molecule has 2 N–H and O–H groups in total. The molecule has 102 valence electrons. The van der Waals surface area contributed by atoms with Gasteiger partial charge in [-0.15, -0.1) is 0 Å². The minimum Gasteiger partial charge on any atom is -0.429 e. The first-order valence-corrected chi connectivity index (χ1v) is 7.05. The van der Waals surface area contributed by atoms with Crippen molar-refractivity contribution in [3.05, 3.63) is 28.2 Å². The molecule has 0 aliphatic heterocycles. The molecule has 1 aromatic rings. The van der Waals surface area contributed by atoms with Gasteiger partial charge in [-0.1, -0.05) is 20.8 Å². The standard InChI is InChI=1S/C11H17NO5S/c1-4-8(7(2)3)9-5-12(14)6-10(11(9)13)18(15,16)17/h5-8,14H,4H2,1-3H3,(H,15,16,17). The Hall–Kier alpha value is -1.34. The summed E-state index contributed by atoms with van der Waals surface area (Å²) in [4.78, 5) is 11.2. The lowest BCUT2D eigenvalue weighted by atomic mass is 9.87. The second kappa shape index (κ2) is 5.11. The lowest BCUT2D eigenvalue weighted by Gasteiger charge is -2.19. The minimum absolute atomic E-state index is 0.111. The van der Waals surface area contributed by atoms with Crippen LogP contribution in [0.1, 0.15) is 38.7 Å². The molecule has 6 nitrogen and oxygen atoms in total. The molecular weight excluding hydrogens is 258 g/mol. The van der Waals surface area contributed by atoms with Crippen molar-refractivity contribution in [1.82, 2.24) is 4.73 Å². The summed E-state index contributed by atoms with van der Waals surface area (Å²) in [6, 6.07) is 0. The summed E-state index contributed by atoms with van der Waals surface area (Å²) in [6.45, 7) is 5.66. The first-order chi connectivity index (χ1) is 8.18. The van der Waals surface area contributed by atoms with Crippen LogP contribution >= 0.6 is 0 Å². The molecule has 1 atom stereocenters. The maximum atomic E-state index is 12.0. The van der Waals surface area contributed by atoms with Crippen LogP contribution in [0.2, 0.25) is 0 Å². The van der Waals surface area contributed by atoms with Gasteiger partial charge in [0, 0.05) is 5.56 Å². The molecule has 0 bridgehead atoms. The summed E-state index contributed by atoms with van der Waals surface area (Å²) >= 11 is 0. The molecule has 0 amide bonds. The van der Waals surface area contributed by atoms with Crippen LogP contribution in [0.25, 0.3) is 0 Å². The fourth-order valence-electron chi connectivity index (χ4n) is 2.06. The lowest BCUT2D eigenvalue weighted by Crippen LogP contribution is -2.24. The van der Waals surface area contributed by atoms with Gasteiger partial charge in [-0.05, 0) is 18.3 Å². The average Bonchev–Trinajstić information content (AvgIpc) is 2.21. The largest absolute Gasteiger partial charge is 0.429 e. The van der Waals surface area contributed by atoms with Crippen LogP contribution in [0, 0.1) is 5.92 Å². The van der Waals surface area contributed by atoms with Gasteiger partial charge in [-0.2, -0.15) is 8.42 Å². The molecule has 0 radical (unpaired) electrons. The first kappa shape index (κ1) is 14.7. The van der Waals surface area contributed by atoms with Crippen molar-refractivity contribution in [2.75, 3.05) is 0 Å². The fraction of sp³-hybridized carbons (Fsp3) is 0.545. The van der Waals surface area contributed by atoms with E-state index in [1.165, 1.54) is 6.20 Å². The summed E-state index contributed by atoms with van der Waals surface area (Å²) in [5, 5.41) is 9.41. The van der Waals surface area contributed by atoms with Gasteiger partial charge in [0.15, 0.2) is 4.90 Å². The van der Waals surface area contributed by atoms with E-state index in [1.807, 2.05) is 20.8 Å². The van der Waals surface area contributed by atoms with E-state index in [2.05, 4.69) is 0 Å². The Morgan fingerprint density at radius 1 is 1.33 bits per heavy atom. The van der Waals surface area contributed by atoms with Crippen LogP contribution in [-0.4, -0.2) is 22.9 Å². The summed E-state index contributed by atoms with van der Waals surface area (Å²) in [7, 11) is -4.64. The highest BCUT2D eigenvalue weighted by Crippen LogP contribution is 2.25. The monoisotopic (exact) mass is 275 g/mol. The maximum absolute atomic E-state index is 12.0. The third-order valence-corrected chi connectivity index (χ3v) is 3.78. The molecule has 0 aliphatic carbocycles. The number of hydrogen-bond acceptors (Lipinski definition) is 4. The Bertz CT molecular complexity index is 588. The zero-order valence-corrected chi connectivity index (χ0v) is 11.3. The number of nitrogens with zero attached hydrogens (tertiary/aromatic N) is 1. The van der Waals surface area contributed by atoms with Gasteiger partial charge in [-0.25, -0.2) is 4.73 Å². The molecule has 1 aromatic heterocycles. The van der Waals surface area contributed by atoms with E-state index in [0.717, 1.165) is 0 Å². The van der Waals surface area contributed by atoms with Gasteiger partial charge < -0.3 is 5.21 Å². The molecule has 7 heteroatoms. The third-order valence-electron chi connectivity index (χ3n) is 2.93. The first-order valence-electron chi connectivity index (χ1n) is 5.61. The number of aromatic nitrogens is 1. The molecule has 0 spiro atoms. The molecule has 0 aromatic carbocycles. The Kier molecular flexibility index (Phi) is 4.18. The van der Waals surface area contributed by atoms with Crippen molar-refractivity contribution >= 4 is 10.1 Å². The maximum Gasteiger partial charge on any atom is 0.300 e. The van der Waals surface area contributed by atoms with Crippen molar-refractivity contribution in [1.29, 1.82) is 0 Å². The van der Waals surface area contributed by atoms with Crippen molar-refractivity contribution in [3.8, 4) is 0 Å². The molecule has 1 unspecified atom stereocenters. The zero-order chi connectivity index (χ0) is 14.1. The number of rotatable bonds is 4. The van der Waals surface area contributed by atoms with E-state index < -0.39 is 20.4 Å². The Labute approximate surface area is 106 Å². The van der Waals surface area contributed by atoms with Crippen molar-refractivity contribution in [2.45, 2.75) is 38.0 Å². The second-order valence-electron chi connectivity index (χ2n) is 4.52. The molecule has 1 rings (SSSR count). The smallest absolute Gasteiger partial charge is 0.300 e. The zero-order valence-electron chi connectivity index (χ0n) is 10.5. The normalized spacial score (nSPS) is 13.8. The minimum atomic E-state index is -4.64. The molecule has 0 saturated heterocycles. The SMILES string of the molecule is CCC(c1cn(O)cc(S(=O)(=O)O)c1=O)C(C)C. The summed E-state index contributed by atoms with van der Waals surface area (Å²) in [5.41, 5.74) is -0.575. The van der Waals surface area contributed by atoms with Crippen LogP contribution in [0.3, 0.4) is 0 Å². The van der Waals surface area contributed by atoms with Crippen LogP contribution in [0.4, 0.5) is 0 Å². The van der Waals surface area contributed by atoms with Crippen LogP contribution in [-0.2, 0) is 10.1 Å². The molecular formula is C11H17NO5S. The van der Waals surface area contributed by atoms with Gasteiger partial charge in [-0.3, -0.25) is 9.35 Å². The highest BCUT2D eigenvalue weighted by molar-refractivity contribution is 7.85. The number of hydrogen-bond donors (Lipinski definition) is 2. The predicted molar refractivity (Wildman–Crippen MR) is 65.6 cm³/mol. The molecule has 0 aliphatic rings. The summed E-state index contributed by atoms with van der Waals surface area (Å²) in [6.07, 6.45) is 2.50. The van der Waals surface area contributed by atoms with Crippen LogP contribution in [0.5, 0.6) is 0 Å². The van der Waals surface area contributed by atoms with Gasteiger partial charge in [0.05, 0.1) is 12.4 Å². The van der Waals surface area contributed by atoms with E-state index in [1.54, 1.807) is 0 Å². The van der Waals surface area contributed by atoms with E-state index in [4.69, 9.17) is 4.55 Å². The third kappa shape index (κ3) is 2.91. The Balaban J connectivity index is 3.57. The van der Waals surface area contributed by atoms with Gasteiger partial charge in [0.25, 0.3) is 10.1 Å². The fourth-order valence-corrected chi connectivity index (χ4v) is 2.65. The highest BCUT2D eigenvalue weighted by atomic mass is 32.2. The Morgan fingerprint density at radius 3 is 2.28 bits per heavy atom. The van der Waals surface area contributed by atoms with Crippen molar-refractivity contribution in [2.24, 2.45) is 5.92 Å². The van der Waals surface area contributed by atoms with E-state index in [0.29, 0.717) is 17.3 Å². The highest BCUT2D eigenvalue weighted by Gasteiger charge is 2.24. The second-order valence-corrected chi connectivity index (χ2v) is 5.91. The van der Waals surface area contributed by atoms with Crippen LogP contribution in [0.15, 0.2) is 22.1 Å². The van der Waals surface area contributed by atoms with E-state index in [-0.39, 0.29) is 17.4 Å². The number of pyridine rings is 1. The molecule has 18 heavy (non-hydrogen) atoms. The Morgan fingerprint density at radius 2 is 1.89 bits per heavy atom. The lowest BCUT2D eigenvalue weighted by molar-refractivity contribution is 0.179. The van der Waals surface area contributed by atoms with Crippen LogP contribution < -0.4 is 5.43 Å². The van der Waals surface area contributed by atoms with E-state index in [9.17, 15) is 18.4 Å². The predicted octanol–water partition coefficient (Wildman–Crippen LogP) is 1.48. The molecule has 0 saturated carbocycles. The van der Waals surface area contributed by atoms with Crippen molar-refractivity contribution < 1.29 is 18.2 Å². The van der Waals surface area contributed by atoms with Gasteiger partial charge >= 0.3 is 0 Å². The van der Waals surface area contributed by atoms with Crippen molar-refractivity contribution in [3.63, 3.8) is 0 Å². The van der Waals surface area contributed by atoms with E-state index >= 15 is 0 Å². The summed E-state index contributed by atoms with van der Waals surface area (Å²) in [5.74, 6) is -0.0723. The summed E-state index contributed by atoms with van der Waals surface area (Å²) < 4.78 is 31.6. The molecule has 0 fully saturated rings. The topological polar surface area (TPSA) is 96.6 Å².